The SMILES string of the molecule is Cc1ncsc1-c1ccc(CNC(=O)[C@@H]2C[C@@H](O)CN2C(=O)[C@@H](NC(=O)CCCCCCCCCC(=O)N2CCN(c3ccc(C(=O)N4CCC(CCCCNC(=O)/C=C/c5cccnc5)CC4)cc3)CC2)C(C)(C)C)cc1. The quantitative estimate of drug-likeness (QED) is 0.0370. The molecule has 6 amide bonds. The highest BCUT2D eigenvalue weighted by atomic mass is 32.1. The van der Waals surface area contributed by atoms with Crippen molar-refractivity contribution < 1.29 is 33.9 Å². The summed E-state index contributed by atoms with van der Waals surface area (Å²) in [4.78, 5) is 96.5. The number of rotatable bonds is 25. The van der Waals surface area contributed by atoms with Crippen molar-refractivity contribution in [1.82, 2.24) is 40.6 Å². The molecule has 3 fully saturated rings. The zero-order valence-corrected chi connectivity index (χ0v) is 47.2. The van der Waals surface area contributed by atoms with E-state index in [2.05, 4.69) is 30.8 Å². The fourth-order valence-corrected chi connectivity index (χ4v) is 11.5. The average molecular weight is 1090 g/mol. The lowest BCUT2D eigenvalue weighted by Gasteiger charge is -2.36. The van der Waals surface area contributed by atoms with Gasteiger partial charge in [-0.25, -0.2) is 4.98 Å². The van der Waals surface area contributed by atoms with Gasteiger partial charge in [-0.3, -0.25) is 33.8 Å². The second-order valence-corrected chi connectivity index (χ2v) is 23.3. The molecule has 3 aliphatic heterocycles. The van der Waals surface area contributed by atoms with Gasteiger partial charge < -0.3 is 40.7 Å². The standard InChI is InChI=1S/C61H83N9O7S/c1-44-56(78-43-65-44)48-22-19-47(20-23-48)41-64-58(75)52-39-51(71)42-70(52)60(77)57(61(2,3)4)66-54(73)17-10-8-6-5-7-9-11-18-55(74)68-37-35-67(36-38-68)50-26-24-49(25-27-50)59(76)69-33-29-45(30-34-69)15-12-13-32-63-53(72)28-21-46-16-14-31-62-40-46/h14,16,19-28,31,40,43,45,51-52,57,71H,5-13,15,17-18,29-30,32-39,41-42H2,1-4H3,(H,63,72)(H,64,75)(H,66,73)/b28-21+/t51-,52+,57-/m1/s1. The molecule has 3 aliphatic rings. The predicted octanol–water partition coefficient (Wildman–Crippen LogP) is 8.33. The number of anilines is 1. The van der Waals surface area contributed by atoms with Crippen LogP contribution in [0.5, 0.6) is 0 Å². The first-order chi connectivity index (χ1) is 37.6. The Hall–Kier alpha value is -6.46. The summed E-state index contributed by atoms with van der Waals surface area (Å²) in [5.41, 5.74) is 6.81. The third-order valence-corrected chi connectivity index (χ3v) is 16.4. The zero-order chi connectivity index (χ0) is 55.4. The summed E-state index contributed by atoms with van der Waals surface area (Å²) < 4.78 is 0. The third-order valence-electron chi connectivity index (χ3n) is 15.5. The number of benzene rings is 2. The number of nitrogens with zero attached hydrogens (tertiary/aromatic N) is 6. The number of aromatic nitrogens is 2. The molecule has 0 radical (unpaired) electrons. The van der Waals surface area contributed by atoms with Gasteiger partial charge in [-0.05, 0) is 103 Å². The minimum Gasteiger partial charge on any atom is -0.391 e. The Kier molecular flexibility index (Phi) is 22.4. The molecule has 3 saturated heterocycles. The number of pyridine rings is 1. The molecular formula is C61H83N9O7S. The van der Waals surface area contributed by atoms with E-state index in [4.69, 9.17) is 0 Å². The molecule has 420 valence electrons. The number of piperidine rings is 1. The monoisotopic (exact) mass is 1090 g/mol. The van der Waals surface area contributed by atoms with E-state index in [0.29, 0.717) is 50.4 Å². The van der Waals surface area contributed by atoms with Gasteiger partial charge in [0.25, 0.3) is 5.91 Å². The first-order valence-corrected chi connectivity index (χ1v) is 29.3. The van der Waals surface area contributed by atoms with Gasteiger partial charge in [-0.1, -0.05) is 96.0 Å². The zero-order valence-electron chi connectivity index (χ0n) is 46.4. The van der Waals surface area contributed by atoms with E-state index in [0.717, 1.165) is 130 Å². The van der Waals surface area contributed by atoms with E-state index in [1.165, 1.54) is 4.90 Å². The number of carbonyl (C=O) groups excluding carboxylic acids is 6. The van der Waals surface area contributed by atoms with E-state index in [1.54, 1.807) is 35.9 Å². The molecule has 2 aromatic carbocycles. The molecule has 0 aliphatic carbocycles. The number of aryl methyl sites for hydroxylation is 1. The first kappa shape index (κ1) is 59.2. The Morgan fingerprint density at radius 3 is 2.14 bits per heavy atom. The molecule has 0 spiro atoms. The fraction of sp³-hybridized carbons (Fsp3) is 0.541. The smallest absolute Gasteiger partial charge is 0.253 e. The largest absolute Gasteiger partial charge is 0.391 e. The highest BCUT2D eigenvalue weighted by molar-refractivity contribution is 7.13. The maximum absolute atomic E-state index is 14.0. The van der Waals surface area contributed by atoms with Gasteiger partial charge >= 0.3 is 0 Å². The summed E-state index contributed by atoms with van der Waals surface area (Å²) in [6, 6.07) is 17.9. The summed E-state index contributed by atoms with van der Waals surface area (Å²) in [7, 11) is 0. The number of thiazole rings is 1. The van der Waals surface area contributed by atoms with Crippen molar-refractivity contribution in [3.05, 3.63) is 107 Å². The molecule has 78 heavy (non-hydrogen) atoms. The van der Waals surface area contributed by atoms with Gasteiger partial charge in [0.15, 0.2) is 0 Å². The molecule has 0 saturated carbocycles. The minimum absolute atomic E-state index is 0.0271. The molecule has 5 heterocycles. The second-order valence-electron chi connectivity index (χ2n) is 22.5. The molecule has 0 bridgehead atoms. The number of carbonyl (C=O) groups is 6. The van der Waals surface area contributed by atoms with E-state index >= 15 is 0 Å². The highest BCUT2D eigenvalue weighted by Crippen LogP contribution is 2.30. The van der Waals surface area contributed by atoms with E-state index < -0.39 is 23.6 Å². The lowest BCUT2D eigenvalue weighted by molar-refractivity contribution is -0.144. The minimum atomic E-state index is -0.860. The lowest BCUT2D eigenvalue weighted by atomic mass is 9.85. The number of nitrogens with one attached hydrogen (secondary N) is 3. The molecule has 4 aromatic rings. The van der Waals surface area contributed by atoms with Crippen LogP contribution in [0, 0.1) is 18.3 Å². The number of β-amino-alcohol motifs (C(OH)–C–C–N with tert-alkyl or cyclic N) is 1. The summed E-state index contributed by atoms with van der Waals surface area (Å²) in [6.07, 6.45) is 18.4. The van der Waals surface area contributed by atoms with Crippen molar-refractivity contribution in [2.75, 3.05) is 57.3 Å². The van der Waals surface area contributed by atoms with Crippen molar-refractivity contribution >= 4 is 58.5 Å². The van der Waals surface area contributed by atoms with Crippen LogP contribution in [0.4, 0.5) is 5.69 Å². The molecule has 2 aromatic heterocycles. The number of likely N-dealkylation sites (tertiary alicyclic amines) is 2. The molecular weight excluding hydrogens is 1000 g/mol. The second kappa shape index (κ2) is 29.5. The van der Waals surface area contributed by atoms with Crippen LogP contribution in [0.25, 0.3) is 16.5 Å². The maximum atomic E-state index is 14.0. The summed E-state index contributed by atoms with van der Waals surface area (Å²) in [5.74, 6) is -0.130. The average Bonchev–Trinajstić information content (AvgIpc) is 4.09. The molecule has 3 atom stereocenters. The Morgan fingerprint density at radius 2 is 1.49 bits per heavy atom. The van der Waals surface area contributed by atoms with Crippen LogP contribution in [0.2, 0.25) is 0 Å². The van der Waals surface area contributed by atoms with Crippen LogP contribution in [-0.4, -0.2) is 136 Å². The van der Waals surface area contributed by atoms with E-state index in [9.17, 15) is 33.9 Å². The normalized spacial score (nSPS) is 17.6. The van der Waals surface area contributed by atoms with Crippen LogP contribution >= 0.6 is 11.3 Å². The van der Waals surface area contributed by atoms with Crippen LogP contribution in [0.1, 0.15) is 144 Å². The Balaban J connectivity index is 0.707. The van der Waals surface area contributed by atoms with Crippen LogP contribution in [-0.2, 0) is 30.5 Å². The van der Waals surface area contributed by atoms with Crippen LogP contribution in [0.3, 0.4) is 0 Å². The number of aliphatic hydroxyl groups excluding tert-OH is 1. The van der Waals surface area contributed by atoms with Gasteiger partial charge in [0.1, 0.15) is 12.1 Å². The van der Waals surface area contributed by atoms with E-state index in [1.807, 2.05) is 104 Å². The van der Waals surface area contributed by atoms with Gasteiger partial charge in [-0.15, -0.1) is 11.3 Å². The van der Waals surface area contributed by atoms with E-state index in [-0.39, 0.29) is 55.0 Å². The Labute approximate surface area is 465 Å². The van der Waals surface area contributed by atoms with Crippen molar-refractivity contribution in [2.45, 2.75) is 149 Å². The predicted molar refractivity (Wildman–Crippen MR) is 307 cm³/mol. The summed E-state index contributed by atoms with van der Waals surface area (Å²) in [6.45, 7) is 13.0. The molecule has 16 nitrogen and oxygen atoms in total. The Morgan fingerprint density at radius 1 is 0.795 bits per heavy atom. The van der Waals surface area contributed by atoms with Gasteiger partial charge in [-0.2, -0.15) is 0 Å². The first-order valence-electron chi connectivity index (χ1n) is 28.5. The van der Waals surface area contributed by atoms with Gasteiger partial charge in [0.05, 0.1) is 22.2 Å². The maximum Gasteiger partial charge on any atom is 0.253 e. The molecule has 7 rings (SSSR count). The summed E-state index contributed by atoms with van der Waals surface area (Å²) in [5, 5.41) is 19.5. The van der Waals surface area contributed by atoms with Crippen LogP contribution < -0.4 is 20.9 Å². The number of hydrogen-bond donors (Lipinski definition) is 4. The third kappa shape index (κ3) is 17.8. The van der Waals surface area contributed by atoms with Crippen LogP contribution in [0.15, 0.2) is 84.6 Å². The highest BCUT2D eigenvalue weighted by Gasteiger charge is 2.44. The summed E-state index contributed by atoms with van der Waals surface area (Å²) >= 11 is 1.58. The molecule has 0 unspecified atom stereocenters. The fourth-order valence-electron chi connectivity index (χ4n) is 10.7. The van der Waals surface area contributed by atoms with Gasteiger partial charge in [0.2, 0.25) is 29.5 Å². The number of piperazine rings is 1. The van der Waals surface area contributed by atoms with Crippen molar-refractivity contribution in [3.63, 3.8) is 0 Å². The number of hydrogen-bond acceptors (Lipinski definition) is 11. The van der Waals surface area contributed by atoms with Crippen molar-refractivity contribution in [3.8, 4) is 10.4 Å². The topological polar surface area (TPSA) is 197 Å². The lowest BCUT2D eigenvalue weighted by Crippen LogP contribution is -2.57. The molecule has 17 heteroatoms. The number of amides is 6. The number of aliphatic hydroxyl groups is 1. The molecule has 4 N–H and O–H groups in total. The van der Waals surface area contributed by atoms with Crippen molar-refractivity contribution in [1.29, 1.82) is 0 Å². The number of unbranched alkanes of at least 4 members (excludes halogenated alkanes) is 7. The van der Waals surface area contributed by atoms with Crippen molar-refractivity contribution in [2.24, 2.45) is 11.3 Å². The Bertz CT molecular complexity index is 2600. The van der Waals surface area contributed by atoms with Gasteiger partial charge in [0, 0.05) is 108 Å².